The van der Waals surface area contributed by atoms with Crippen molar-refractivity contribution in [1.29, 1.82) is 0 Å². The summed E-state index contributed by atoms with van der Waals surface area (Å²) in [5.74, 6) is -0.553. The molecule has 3 rings (SSSR count). The summed E-state index contributed by atoms with van der Waals surface area (Å²) in [6.45, 7) is 0. The van der Waals surface area contributed by atoms with Crippen LogP contribution in [0.5, 0.6) is 11.5 Å². The number of phenolic OH excluding ortho intramolecular Hbond substituents is 1. The summed E-state index contributed by atoms with van der Waals surface area (Å²) in [5, 5.41) is 19.5. The highest BCUT2D eigenvalue weighted by Crippen LogP contribution is 2.35. The van der Waals surface area contributed by atoms with Crippen LogP contribution >= 0.6 is 0 Å². The molecule has 0 amide bonds. The van der Waals surface area contributed by atoms with Crippen molar-refractivity contribution in [3.63, 3.8) is 0 Å². The highest BCUT2D eigenvalue weighted by Gasteiger charge is 2.30. The van der Waals surface area contributed by atoms with Crippen molar-refractivity contribution in [1.82, 2.24) is 4.98 Å². The molecule has 19 heavy (non-hydrogen) atoms. The van der Waals surface area contributed by atoms with E-state index in [4.69, 9.17) is 4.74 Å². The van der Waals surface area contributed by atoms with Crippen LogP contribution in [-0.2, 0) is 6.42 Å². The normalized spacial score (nSPS) is 21.6. The largest absolute Gasteiger partial charge is 0.505 e. The monoisotopic (exact) mass is 261 g/mol. The maximum absolute atomic E-state index is 13.0. The van der Waals surface area contributed by atoms with Gasteiger partial charge in [0.1, 0.15) is 11.9 Å². The van der Waals surface area contributed by atoms with Gasteiger partial charge in [-0.2, -0.15) is 0 Å². The Kier molecular flexibility index (Phi) is 2.83. The molecule has 2 N–H and O–H groups in total. The Bertz CT molecular complexity index is 617. The third kappa shape index (κ3) is 2.13. The summed E-state index contributed by atoms with van der Waals surface area (Å²) >= 11 is 0. The Balaban J connectivity index is 1.96. The molecule has 0 saturated heterocycles. The van der Waals surface area contributed by atoms with E-state index in [1.165, 1.54) is 12.1 Å². The van der Waals surface area contributed by atoms with E-state index in [1.807, 2.05) is 0 Å². The third-order valence-corrected chi connectivity index (χ3v) is 3.15. The standard InChI is InChI=1S/C14H12FNO3/c15-9-4-3-8(6-11(9)17)14-12(18)7-10-13(19-14)2-1-5-16-10/h1-6,12,14,17-18H,7H2. The smallest absolute Gasteiger partial charge is 0.164 e. The van der Waals surface area contributed by atoms with Crippen molar-refractivity contribution in [2.75, 3.05) is 0 Å². The lowest BCUT2D eigenvalue weighted by Gasteiger charge is -2.30. The first kappa shape index (κ1) is 11.9. The Morgan fingerprint density at radius 1 is 1.32 bits per heavy atom. The lowest BCUT2D eigenvalue weighted by atomic mass is 9.97. The molecule has 0 radical (unpaired) electrons. The fourth-order valence-corrected chi connectivity index (χ4v) is 2.20. The van der Waals surface area contributed by atoms with Crippen LogP contribution in [0, 0.1) is 5.82 Å². The first-order valence-corrected chi connectivity index (χ1v) is 5.92. The highest BCUT2D eigenvalue weighted by atomic mass is 19.1. The molecule has 1 aliphatic rings. The summed E-state index contributed by atoms with van der Waals surface area (Å²) in [6.07, 6.45) is 0.577. The van der Waals surface area contributed by atoms with E-state index in [1.54, 1.807) is 18.3 Å². The minimum Gasteiger partial charge on any atom is -0.505 e. The van der Waals surface area contributed by atoms with Gasteiger partial charge in [-0.3, -0.25) is 4.98 Å². The molecule has 5 heteroatoms. The van der Waals surface area contributed by atoms with E-state index in [-0.39, 0.29) is 0 Å². The molecule has 4 nitrogen and oxygen atoms in total. The summed E-state index contributed by atoms with van der Waals surface area (Å²) in [4.78, 5) is 4.14. The number of hydrogen-bond acceptors (Lipinski definition) is 4. The lowest BCUT2D eigenvalue weighted by Crippen LogP contribution is -2.30. The average molecular weight is 261 g/mol. The molecule has 2 heterocycles. The van der Waals surface area contributed by atoms with Crippen LogP contribution in [-0.4, -0.2) is 21.3 Å². The van der Waals surface area contributed by atoms with Crippen molar-refractivity contribution < 1.29 is 19.3 Å². The Hall–Kier alpha value is -2.14. The number of hydrogen-bond donors (Lipinski definition) is 2. The molecule has 2 atom stereocenters. The van der Waals surface area contributed by atoms with Crippen molar-refractivity contribution in [2.45, 2.75) is 18.6 Å². The number of halogens is 1. The topological polar surface area (TPSA) is 62.6 Å². The maximum atomic E-state index is 13.0. The second-order valence-electron chi connectivity index (χ2n) is 4.47. The van der Waals surface area contributed by atoms with Crippen LogP contribution in [0.15, 0.2) is 36.5 Å². The second-order valence-corrected chi connectivity index (χ2v) is 4.47. The minimum absolute atomic E-state index is 0.360. The highest BCUT2D eigenvalue weighted by molar-refractivity contribution is 5.36. The van der Waals surface area contributed by atoms with Crippen molar-refractivity contribution in [3.05, 3.63) is 53.6 Å². The number of fused-ring (bicyclic) bond motifs is 1. The van der Waals surface area contributed by atoms with Gasteiger partial charge in [-0.25, -0.2) is 4.39 Å². The van der Waals surface area contributed by atoms with Gasteiger partial charge < -0.3 is 14.9 Å². The van der Waals surface area contributed by atoms with Gasteiger partial charge in [0, 0.05) is 12.6 Å². The Labute approximate surface area is 109 Å². The molecular formula is C14H12FNO3. The van der Waals surface area contributed by atoms with Crippen LogP contribution in [0.3, 0.4) is 0 Å². The summed E-state index contributed by atoms with van der Waals surface area (Å²) in [6, 6.07) is 7.43. The van der Waals surface area contributed by atoms with Crippen LogP contribution in [0.1, 0.15) is 17.4 Å². The fraction of sp³-hybridized carbons (Fsp3) is 0.214. The van der Waals surface area contributed by atoms with Crippen molar-refractivity contribution in [2.24, 2.45) is 0 Å². The first-order valence-electron chi connectivity index (χ1n) is 5.92. The first-order chi connectivity index (χ1) is 9.15. The van der Waals surface area contributed by atoms with Gasteiger partial charge in [-0.15, -0.1) is 0 Å². The molecule has 2 unspecified atom stereocenters. The van der Waals surface area contributed by atoms with Gasteiger partial charge >= 0.3 is 0 Å². The number of benzene rings is 1. The van der Waals surface area contributed by atoms with Crippen molar-refractivity contribution in [3.8, 4) is 11.5 Å². The number of nitrogens with zero attached hydrogens (tertiary/aromatic N) is 1. The van der Waals surface area contributed by atoms with E-state index >= 15 is 0 Å². The number of aliphatic hydroxyl groups excluding tert-OH is 1. The SMILES string of the molecule is Oc1cc(C2Oc3cccnc3CC2O)ccc1F. The Morgan fingerprint density at radius 2 is 2.16 bits per heavy atom. The van der Waals surface area contributed by atoms with E-state index in [9.17, 15) is 14.6 Å². The van der Waals surface area contributed by atoms with Crippen LogP contribution in [0.4, 0.5) is 4.39 Å². The second kappa shape index (κ2) is 4.51. The predicted octanol–water partition coefficient (Wildman–Crippen LogP) is 1.96. The summed E-state index contributed by atoms with van der Waals surface area (Å²) in [7, 11) is 0. The maximum Gasteiger partial charge on any atom is 0.164 e. The van der Waals surface area contributed by atoms with Gasteiger partial charge in [-0.05, 0) is 29.8 Å². The molecule has 0 saturated carbocycles. The number of rotatable bonds is 1. The fourth-order valence-electron chi connectivity index (χ4n) is 2.20. The molecule has 0 fully saturated rings. The van der Waals surface area contributed by atoms with E-state index in [0.29, 0.717) is 23.4 Å². The van der Waals surface area contributed by atoms with E-state index in [2.05, 4.69) is 4.98 Å². The molecule has 2 aromatic rings. The minimum atomic E-state index is -0.785. The molecule has 0 spiro atoms. The number of aromatic nitrogens is 1. The van der Waals surface area contributed by atoms with Gasteiger partial charge in [0.15, 0.2) is 17.7 Å². The number of phenols is 1. The third-order valence-electron chi connectivity index (χ3n) is 3.15. The van der Waals surface area contributed by atoms with Gasteiger partial charge in [0.25, 0.3) is 0 Å². The van der Waals surface area contributed by atoms with Crippen molar-refractivity contribution >= 4 is 0 Å². The summed E-state index contributed by atoms with van der Waals surface area (Å²) in [5.41, 5.74) is 1.22. The number of pyridine rings is 1. The lowest BCUT2D eigenvalue weighted by molar-refractivity contribution is 0.0191. The zero-order chi connectivity index (χ0) is 13.4. The van der Waals surface area contributed by atoms with E-state index in [0.717, 1.165) is 6.07 Å². The molecule has 0 aliphatic carbocycles. The van der Waals surface area contributed by atoms with Gasteiger partial charge in [-0.1, -0.05) is 6.07 Å². The molecule has 98 valence electrons. The molecular weight excluding hydrogens is 249 g/mol. The number of ether oxygens (including phenoxy) is 1. The Morgan fingerprint density at radius 3 is 2.95 bits per heavy atom. The quantitative estimate of drug-likeness (QED) is 0.823. The van der Waals surface area contributed by atoms with Crippen LogP contribution < -0.4 is 4.74 Å². The molecule has 0 bridgehead atoms. The molecule has 1 aliphatic heterocycles. The number of aromatic hydroxyl groups is 1. The molecule has 1 aromatic carbocycles. The zero-order valence-electron chi connectivity index (χ0n) is 9.95. The molecule has 1 aromatic heterocycles. The average Bonchev–Trinajstić information content (AvgIpc) is 2.41. The number of aliphatic hydroxyl groups is 1. The zero-order valence-corrected chi connectivity index (χ0v) is 9.95. The van der Waals surface area contributed by atoms with Gasteiger partial charge in [0.2, 0.25) is 0 Å². The van der Waals surface area contributed by atoms with Crippen LogP contribution in [0.25, 0.3) is 0 Å². The van der Waals surface area contributed by atoms with Gasteiger partial charge in [0.05, 0.1) is 5.69 Å². The predicted molar refractivity (Wildman–Crippen MR) is 65.4 cm³/mol. The summed E-state index contributed by atoms with van der Waals surface area (Å²) < 4.78 is 18.7. The van der Waals surface area contributed by atoms with Crippen LogP contribution in [0.2, 0.25) is 0 Å². The van der Waals surface area contributed by atoms with E-state index < -0.39 is 23.8 Å².